The van der Waals surface area contributed by atoms with Gasteiger partial charge >= 0.3 is 0 Å². The van der Waals surface area contributed by atoms with Crippen LogP contribution in [0, 0.1) is 22.7 Å². The lowest BCUT2D eigenvalue weighted by Gasteiger charge is -2.02. The van der Waals surface area contributed by atoms with Crippen molar-refractivity contribution in [3.63, 3.8) is 0 Å². The zero-order chi connectivity index (χ0) is 16.9. The summed E-state index contributed by atoms with van der Waals surface area (Å²) in [6, 6.07) is 16.8. The fourth-order valence-corrected chi connectivity index (χ4v) is 2.22. The molecule has 6 heteroatoms. The summed E-state index contributed by atoms with van der Waals surface area (Å²) in [5.74, 6) is 1.53. The third kappa shape index (κ3) is 3.03. The molecule has 0 aliphatic rings. The third-order valence-electron chi connectivity index (χ3n) is 3.47. The summed E-state index contributed by atoms with van der Waals surface area (Å²) in [7, 11) is 1.63. The summed E-state index contributed by atoms with van der Waals surface area (Å²) in [5, 5.41) is 20.3. The molecule has 0 unspecified atom stereocenters. The van der Waals surface area contributed by atoms with E-state index in [9.17, 15) is 0 Å². The molecule has 0 aliphatic carbocycles. The number of rotatable bonds is 4. The van der Waals surface area contributed by atoms with Gasteiger partial charge in [-0.05, 0) is 36.4 Å². The molecule has 24 heavy (non-hydrogen) atoms. The van der Waals surface area contributed by atoms with E-state index in [1.807, 2.05) is 42.5 Å². The minimum atomic E-state index is 0.0188. The Morgan fingerprint density at radius 1 is 1.17 bits per heavy atom. The number of benzene rings is 2. The van der Waals surface area contributed by atoms with Gasteiger partial charge in [0.15, 0.2) is 0 Å². The Bertz CT molecular complexity index is 971. The van der Waals surface area contributed by atoms with Crippen LogP contribution in [0.15, 0.2) is 54.2 Å². The lowest BCUT2D eigenvalue weighted by Crippen LogP contribution is -1.90. The predicted molar refractivity (Wildman–Crippen MR) is 91.0 cm³/mol. The number of hydrogen-bond donors (Lipinski definition) is 2. The maximum atomic E-state index is 8.70. The van der Waals surface area contributed by atoms with Gasteiger partial charge in [-0.1, -0.05) is 0 Å². The number of fused-ring (bicyclic) bond motifs is 1. The zero-order valence-electron chi connectivity index (χ0n) is 12.9. The van der Waals surface area contributed by atoms with Crippen molar-refractivity contribution < 1.29 is 4.74 Å². The molecular weight excluding hydrogens is 302 g/mol. The van der Waals surface area contributed by atoms with Gasteiger partial charge in [0.2, 0.25) is 0 Å². The highest BCUT2D eigenvalue weighted by Crippen LogP contribution is 2.24. The van der Waals surface area contributed by atoms with Gasteiger partial charge in [-0.2, -0.15) is 10.5 Å². The van der Waals surface area contributed by atoms with E-state index in [1.165, 1.54) is 6.20 Å². The van der Waals surface area contributed by atoms with Crippen LogP contribution < -0.4 is 10.1 Å². The van der Waals surface area contributed by atoms with E-state index < -0.39 is 0 Å². The second-order valence-corrected chi connectivity index (χ2v) is 4.97. The van der Waals surface area contributed by atoms with Crippen LogP contribution in [-0.4, -0.2) is 17.1 Å². The van der Waals surface area contributed by atoms with Crippen LogP contribution in [0.3, 0.4) is 0 Å². The Hall–Kier alpha value is -3.77. The van der Waals surface area contributed by atoms with Crippen molar-refractivity contribution in [3.05, 3.63) is 54.2 Å². The van der Waals surface area contributed by atoms with Crippen LogP contribution in [0.2, 0.25) is 0 Å². The topological polar surface area (TPSA) is 97.5 Å². The van der Waals surface area contributed by atoms with E-state index in [-0.39, 0.29) is 5.57 Å². The van der Waals surface area contributed by atoms with E-state index >= 15 is 0 Å². The highest BCUT2D eigenvalue weighted by atomic mass is 16.5. The average molecular weight is 315 g/mol. The van der Waals surface area contributed by atoms with Gasteiger partial charge in [-0.3, -0.25) is 0 Å². The number of methoxy groups -OCH3 is 1. The number of nitrogens with zero attached hydrogens (tertiary/aromatic N) is 3. The van der Waals surface area contributed by atoms with Crippen LogP contribution in [0.1, 0.15) is 0 Å². The van der Waals surface area contributed by atoms with Gasteiger partial charge in [0.1, 0.15) is 29.3 Å². The third-order valence-corrected chi connectivity index (χ3v) is 3.47. The number of aromatic nitrogens is 2. The number of H-pyrrole nitrogens is 1. The lowest BCUT2D eigenvalue weighted by atomic mass is 10.2. The molecule has 0 aliphatic heterocycles. The van der Waals surface area contributed by atoms with E-state index in [4.69, 9.17) is 15.3 Å². The summed E-state index contributed by atoms with van der Waals surface area (Å²) in [6.07, 6.45) is 1.38. The van der Waals surface area contributed by atoms with E-state index in [1.54, 1.807) is 19.2 Å². The maximum Gasteiger partial charge on any atom is 0.145 e. The van der Waals surface area contributed by atoms with Crippen molar-refractivity contribution in [1.29, 1.82) is 10.5 Å². The minimum absolute atomic E-state index is 0.0188. The number of imidazole rings is 1. The van der Waals surface area contributed by atoms with Crippen LogP contribution in [0.25, 0.3) is 22.4 Å². The van der Waals surface area contributed by atoms with Crippen molar-refractivity contribution >= 4 is 16.7 Å². The summed E-state index contributed by atoms with van der Waals surface area (Å²) < 4.78 is 5.21. The van der Waals surface area contributed by atoms with Crippen molar-refractivity contribution in [2.75, 3.05) is 12.4 Å². The first-order valence-corrected chi connectivity index (χ1v) is 7.14. The van der Waals surface area contributed by atoms with Crippen molar-refractivity contribution in [2.24, 2.45) is 0 Å². The number of anilines is 1. The standard InChI is InChI=1S/C18H13N5O/c1-24-15-6-7-16-17(8-15)23-18(22-16)13-2-4-14(5-3-13)21-11-12(9-19)10-20/h2-8,11,21H,1H3,(H,22,23). The minimum Gasteiger partial charge on any atom is -0.497 e. The van der Waals surface area contributed by atoms with Gasteiger partial charge in [0, 0.05) is 23.5 Å². The first-order valence-electron chi connectivity index (χ1n) is 7.14. The maximum absolute atomic E-state index is 8.70. The number of nitriles is 2. The molecule has 0 saturated heterocycles. The van der Waals surface area contributed by atoms with Crippen molar-refractivity contribution in [2.45, 2.75) is 0 Å². The SMILES string of the molecule is COc1ccc2nc(-c3ccc(NC=C(C#N)C#N)cc3)[nH]c2c1. The van der Waals surface area contributed by atoms with Gasteiger partial charge < -0.3 is 15.0 Å². The first-order chi connectivity index (χ1) is 11.7. The number of ether oxygens (including phenoxy) is 1. The Balaban J connectivity index is 1.84. The van der Waals surface area contributed by atoms with Crippen LogP contribution in [0.4, 0.5) is 5.69 Å². The highest BCUT2D eigenvalue weighted by molar-refractivity contribution is 5.81. The van der Waals surface area contributed by atoms with Gasteiger partial charge in [-0.25, -0.2) is 4.98 Å². The molecule has 0 bridgehead atoms. The predicted octanol–water partition coefficient (Wildman–Crippen LogP) is 3.58. The Kier molecular flexibility index (Phi) is 4.13. The zero-order valence-corrected chi connectivity index (χ0v) is 12.9. The quantitative estimate of drug-likeness (QED) is 0.717. The molecule has 0 atom stereocenters. The summed E-state index contributed by atoms with van der Waals surface area (Å²) in [6.45, 7) is 0. The van der Waals surface area contributed by atoms with E-state index in [2.05, 4.69) is 15.3 Å². The Morgan fingerprint density at radius 2 is 1.92 bits per heavy atom. The molecule has 2 aromatic carbocycles. The molecule has 1 heterocycles. The largest absolute Gasteiger partial charge is 0.497 e. The van der Waals surface area contributed by atoms with Crippen molar-refractivity contribution in [1.82, 2.24) is 9.97 Å². The normalized spacial score (nSPS) is 9.79. The molecule has 0 spiro atoms. The van der Waals surface area contributed by atoms with Crippen LogP contribution in [0.5, 0.6) is 5.75 Å². The second-order valence-electron chi connectivity index (χ2n) is 4.97. The Labute approximate surface area is 138 Å². The molecule has 3 rings (SSSR count). The summed E-state index contributed by atoms with van der Waals surface area (Å²) in [4.78, 5) is 7.82. The van der Waals surface area contributed by atoms with Crippen LogP contribution in [-0.2, 0) is 0 Å². The molecule has 6 nitrogen and oxygen atoms in total. The monoisotopic (exact) mass is 315 g/mol. The number of aromatic amines is 1. The molecule has 1 aromatic heterocycles. The lowest BCUT2D eigenvalue weighted by molar-refractivity contribution is 0.415. The van der Waals surface area contributed by atoms with Crippen molar-refractivity contribution in [3.8, 4) is 29.3 Å². The van der Waals surface area contributed by atoms with Gasteiger partial charge in [-0.15, -0.1) is 0 Å². The van der Waals surface area contributed by atoms with E-state index in [0.29, 0.717) is 0 Å². The fourth-order valence-electron chi connectivity index (χ4n) is 2.22. The Morgan fingerprint density at radius 3 is 2.58 bits per heavy atom. The molecule has 116 valence electrons. The summed E-state index contributed by atoms with van der Waals surface area (Å²) in [5.41, 5.74) is 3.50. The molecular formula is C18H13N5O. The molecule has 0 amide bonds. The molecule has 3 aromatic rings. The van der Waals surface area contributed by atoms with Gasteiger partial charge in [0.25, 0.3) is 0 Å². The number of nitrogens with one attached hydrogen (secondary N) is 2. The highest BCUT2D eigenvalue weighted by Gasteiger charge is 2.06. The number of hydrogen-bond acceptors (Lipinski definition) is 5. The molecule has 0 radical (unpaired) electrons. The molecule has 0 saturated carbocycles. The molecule has 0 fully saturated rings. The average Bonchev–Trinajstić information content (AvgIpc) is 3.06. The van der Waals surface area contributed by atoms with Gasteiger partial charge in [0.05, 0.1) is 18.1 Å². The first kappa shape index (κ1) is 15.1. The molecule has 2 N–H and O–H groups in total. The summed E-state index contributed by atoms with van der Waals surface area (Å²) >= 11 is 0. The fraction of sp³-hybridized carbons (Fsp3) is 0.0556. The second kappa shape index (κ2) is 6.55. The smallest absolute Gasteiger partial charge is 0.145 e. The number of allylic oxidation sites excluding steroid dienone is 1. The van der Waals surface area contributed by atoms with Crippen LogP contribution >= 0.6 is 0 Å². The van der Waals surface area contributed by atoms with E-state index in [0.717, 1.165) is 33.9 Å².